The van der Waals surface area contributed by atoms with E-state index in [1.807, 2.05) is 18.2 Å². The zero-order valence-corrected chi connectivity index (χ0v) is 15.5. The molecule has 8 heteroatoms. The molecule has 4 aromatic rings. The molecule has 3 heterocycles. The summed E-state index contributed by atoms with van der Waals surface area (Å²) in [5.74, 6) is -0.0707. The fourth-order valence-electron chi connectivity index (χ4n) is 3.57. The fourth-order valence-corrected chi connectivity index (χ4v) is 3.90. The number of nitrogens with one attached hydrogen (secondary N) is 2. The molecule has 1 aliphatic heterocycles. The van der Waals surface area contributed by atoms with Gasteiger partial charge < -0.3 is 19.6 Å². The third-order valence-electron chi connectivity index (χ3n) is 4.99. The van der Waals surface area contributed by atoms with E-state index in [0.29, 0.717) is 29.9 Å². The average molecular weight is 399 g/mol. The number of halogens is 2. The van der Waals surface area contributed by atoms with Crippen molar-refractivity contribution >= 4 is 39.2 Å². The number of rotatable bonds is 2. The Labute approximate surface area is 163 Å². The van der Waals surface area contributed by atoms with E-state index in [-0.39, 0.29) is 16.1 Å². The summed E-state index contributed by atoms with van der Waals surface area (Å²) < 4.78 is 19.1. The quantitative estimate of drug-likeness (QED) is 0.540. The highest BCUT2D eigenvalue weighted by atomic mass is 35.5. The molecule has 0 saturated carbocycles. The van der Waals surface area contributed by atoms with Crippen LogP contribution >= 0.6 is 11.6 Å². The molecular weight excluding hydrogens is 383 g/mol. The maximum absolute atomic E-state index is 13.7. The molecule has 142 valence electrons. The molecule has 6 nitrogen and oxygen atoms in total. The van der Waals surface area contributed by atoms with Crippen LogP contribution in [0.1, 0.15) is 0 Å². The number of morpholine rings is 1. The number of anilines is 1. The minimum absolute atomic E-state index is 0.172. The minimum atomic E-state index is -0.424. The van der Waals surface area contributed by atoms with E-state index >= 15 is 0 Å². The molecule has 2 aromatic heterocycles. The third kappa shape index (κ3) is 2.83. The number of aromatic nitrogens is 3. The van der Waals surface area contributed by atoms with E-state index in [1.165, 1.54) is 18.2 Å². The summed E-state index contributed by atoms with van der Waals surface area (Å²) in [6, 6.07) is 9.98. The molecule has 0 atom stereocenters. The van der Waals surface area contributed by atoms with Crippen molar-refractivity contribution in [3.05, 3.63) is 57.6 Å². The van der Waals surface area contributed by atoms with Gasteiger partial charge in [0, 0.05) is 24.2 Å². The predicted octanol–water partition coefficient (Wildman–Crippen LogP) is 3.70. The summed E-state index contributed by atoms with van der Waals surface area (Å²) in [5, 5.41) is 0.608. The van der Waals surface area contributed by atoms with Gasteiger partial charge in [0.1, 0.15) is 17.2 Å². The first-order valence-electron chi connectivity index (χ1n) is 8.94. The molecule has 5 rings (SSSR count). The third-order valence-corrected chi connectivity index (χ3v) is 5.38. The van der Waals surface area contributed by atoms with Gasteiger partial charge in [-0.1, -0.05) is 11.6 Å². The summed E-state index contributed by atoms with van der Waals surface area (Å²) >= 11 is 6.47. The molecule has 0 bridgehead atoms. The zero-order chi connectivity index (χ0) is 19.3. The maximum atomic E-state index is 13.7. The van der Waals surface area contributed by atoms with Crippen LogP contribution in [-0.4, -0.2) is 41.3 Å². The van der Waals surface area contributed by atoms with E-state index in [4.69, 9.17) is 16.3 Å². The van der Waals surface area contributed by atoms with Gasteiger partial charge in [0.15, 0.2) is 0 Å². The van der Waals surface area contributed by atoms with Crippen LogP contribution in [0.15, 0.2) is 41.2 Å². The molecule has 1 saturated heterocycles. The molecule has 0 aliphatic carbocycles. The first kappa shape index (κ1) is 17.2. The molecule has 0 spiro atoms. The number of aromatic amines is 2. The summed E-state index contributed by atoms with van der Waals surface area (Å²) in [6.45, 7) is 3.05. The van der Waals surface area contributed by atoms with E-state index in [2.05, 4.69) is 19.9 Å². The number of nitrogens with zero attached hydrogens (tertiary/aromatic N) is 2. The maximum Gasteiger partial charge on any atom is 0.260 e. The summed E-state index contributed by atoms with van der Waals surface area (Å²) in [5.41, 5.74) is 2.88. The normalized spacial score (nSPS) is 14.9. The first-order chi connectivity index (χ1) is 13.6. The van der Waals surface area contributed by atoms with E-state index in [1.54, 1.807) is 0 Å². The highest BCUT2D eigenvalue weighted by molar-refractivity contribution is 6.37. The summed E-state index contributed by atoms with van der Waals surface area (Å²) in [4.78, 5) is 25.3. The van der Waals surface area contributed by atoms with Crippen LogP contribution < -0.4 is 10.5 Å². The van der Waals surface area contributed by atoms with E-state index in [0.717, 1.165) is 29.8 Å². The second-order valence-electron chi connectivity index (χ2n) is 6.72. The molecule has 0 radical (unpaired) electrons. The number of hydrogen-bond donors (Lipinski definition) is 2. The monoisotopic (exact) mass is 398 g/mol. The topological polar surface area (TPSA) is 74.0 Å². The molecule has 1 aliphatic rings. The van der Waals surface area contributed by atoms with Crippen LogP contribution in [0, 0.1) is 5.82 Å². The van der Waals surface area contributed by atoms with E-state index in [9.17, 15) is 9.18 Å². The Morgan fingerprint density at radius 3 is 2.71 bits per heavy atom. The van der Waals surface area contributed by atoms with Crippen LogP contribution in [0.4, 0.5) is 10.1 Å². The van der Waals surface area contributed by atoms with Gasteiger partial charge in [-0.2, -0.15) is 0 Å². The van der Waals surface area contributed by atoms with Crippen molar-refractivity contribution in [2.24, 2.45) is 0 Å². The van der Waals surface area contributed by atoms with Crippen LogP contribution in [0.2, 0.25) is 5.02 Å². The summed E-state index contributed by atoms with van der Waals surface area (Å²) in [6.07, 6.45) is 0. The lowest BCUT2D eigenvalue weighted by Crippen LogP contribution is -2.36. The minimum Gasteiger partial charge on any atom is -0.378 e. The fraction of sp³-hybridized carbons (Fsp3) is 0.200. The zero-order valence-electron chi connectivity index (χ0n) is 14.8. The van der Waals surface area contributed by atoms with Crippen molar-refractivity contribution in [3.63, 3.8) is 0 Å². The number of hydrogen-bond acceptors (Lipinski definition) is 4. The standard InChI is InChI=1S/C20H16ClFN4O2/c21-18-13-9-11(22)1-3-14(13)25-20(27)17(18)19-23-15-4-2-12(10-16(15)24-19)26-5-7-28-8-6-26/h1-4,9-10H,5-8H2,(H,23,24)(H,25,27). The number of benzene rings is 2. The second kappa shape index (κ2) is 6.61. The van der Waals surface area contributed by atoms with Gasteiger partial charge in [0.25, 0.3) is 5.56 Å². The number of fused-ring (bicyclic) bond motifs is 2. The lowest BCUT2D eigenvalue weighted by molar-refractivity contribution is 0.122. The van der Waals surface area contributed by atoms with Gasteiger partial charge in [0.2, 0.25) is 0 Å². The Morgan fingerprint density at radius 2 is 1.89 bits per heavy atom. The van der Waals surface area contributed by atoms with Crippen molar-refractivity contribution in [1.82, 2.24) is 15.0 Å². The molecular formula is C20H16ClFN4O2. The smallest absolute Gasteiger partial charge is 0.260 e. The van der Waals surface area contributed by atoms with Gasteiger partial charge >= 0.3 is 0 Å². The second-order valence-corrected chi connectivity index (χ2v) is 7.10. The molecule has 1 fully saturated rings. The van der Waals surface area contributed by atoms with Gasteiger partial charge in [-0.15, -0.1) is 0 Å². The number of pyridine rings is 1. The Bertz CT molecular complexity index is 1260. The van der Waals surface area contributed by atoms with Crippen molar-refractivity contribution in [2.45, 2.75) is 0 Å². The highest BCUT2D eigenvalue weighted by Crippen LogP contribution is 2.31. The largest absolute Gasteiger partial charge is 0.378 e. The van der Waals surface area contributed by atoms with Crippen molar-refractivity contribution in [1.29, 1.82) is 0 Å². The SMILES string of the molecule is O=c1[nH]c2ccc(F)cc2c(Cl)c1-c1nc2ccc(N3CCOCC3)cc2[nH]1. The molecule has 2 aromatic carbocycles. The molecule has 2 N–H and O–H groups in total. The number of H-pyrrole nitrogens is 2. The van der Waals surface area contributed by atoms with Gasteiger partial charge in [-0.25, -0.2) is 9.37 Å². The average Bonchev–Trinajstić information content (AvgIpc) is 3.12. The van der Waals surface area contributed by atoms with Crippen LogP contribution in [-0.2, 0) is 4.74 Å². The van der Waals surface area contributed by atoms with Gasteiger partial charge in [0.05, 0.1) is 34.8 Å². The highest BCUT2D eigenvalue weighted by Gasteiger charge is 2.18. The van der Waals surface area contributed by atoms with Crippen molar-refractivity contribution < 1.29 is 9.13 Å². The lowest BCUT2D eigenvalue weighted by Gasteiger charge is -2.28. The van der Waals surface area contributed by atoms with Crippen LogP contribution in [0.25, 0.3) is 33.3 Å². The summed E-state index contributed by atoms with van der Waals surface area (Å²) in [7, 11) is 0. The predicted molar refractivity (Wildman–Crippen MR) is 108 cm³/mol. The van der Waals surface area contributed by atoms with Gasteiger partial charge in [-0.3, -0.25) is 4.79 Å². The number of imidazole rings is 1. The van der Waals surface area contributed by atoms with Crippen LogP contribution in [0.5, 0.6) is 0 Å². The molecule has 0 amide bonds. The lowest BCUT2D eigenvalue weighted by atomic mass is 10.1. The number of ether oxygens (including phenoxy) is 1. The van der Waals surface area contributed by atoms with Crippen molar-refractivity contribution in [2.75, 3.05) is 31.2 Å². The van der Waals surface area contributed by atoms with Crippen molar-refractivity contribution in [3.8, 4) is 11.4 Å². The first-order valence-corrected chi connectivity index (χ1v) is 9.32. The van der Waals surface area contributed by atoms with Gasteiger partial charge in [-0.05, 0) is 36.4 Å². The molecule has 28 heavy (non-hydrogen) atoms. The molecule has 0 unspecified atom stereocenters. The Kier molecular flexibility index (Phi) is 4.07. The Morgan fingerprint density at radius 1 is 1.07 bits per heavy atom. The Hall–Kier alpha value is -2.90. The van der Waals surface area contributed by atoms with Crippen LogP contribution in [0.3, 0.4) is 0 Å². The van der Waals surface area contributed by atoms with E-state index < -0.39 is 5.82 Å². The Balaban J connectivity index is 1.64.